The molecule has 0 aliphatic rings. The smallest absolute Gasteiger partial charge is 0.177 e. The van der Waals surface area contributed by atoms with Crippen molar-refractivity contribution in [1.29, 1.82) is 5.26 Å². The van der Waals surface area contributed by atoms with Gasteiger partial charge >= 0.3 is 0 Å². The molecule has 0 unspecified atom stereocenters. The third-order valence-corrected chi connectivity index (χ3v) is 2.24. The molecule has 0 atom stereocenters. The Morgan fingerprint density at radius 2 is 2.27 bits per heavy atom. The van der Waals surface area contributed by atoms with Crippen LogP contribution in [0.1, 0.15) is 29.3 Å². The van der Waals surface area contributed by atoms with Gasteiger partial charge in [-0.25, -0.2) is 0 Å². The number of hydrogen-bond acceptors (Lipinski definition) is 3. The Hall–Kier alpha value is -1.82. The van der Waals surface area contributed by atoms with E-state index >= 15 is 0 Å². The Morgan fingerprint density at radius 1 is 1.53 bits per heavy atom. The molecule has 1 aromatic rings. The van der Waals surface area contributed by atoms with Gasteiger partial charge in [-0.05, 0) is 24.1 Å². The molecule has 0 aromatic heterocycles. The first-order valence-electron chi connectivity index (χ1n) is 4.80. The number of aryl methyl sites for hydroxylation is 1. The number of Topliss-reactive ketones (excluding diaryl/α,β-unsaturated/α-hetero) is 1. The van der Waals surface area contributed by atoms with Crippen LogP contribution in [0.2, 0.25) is 0 Å². The molecule has 1 rings (SSSR count). The van der Waals surface area contributed by atoms with Gasteiger partial charge in [0.15, 0.2) is 5.78 Å². The molecule has 0 spiro atoms. The monoisotopic (exact) mass is 203 g/mol. The van der Waals surface area contributed by atoms with Gasteiger partial charge in [0.2, 0.25) is 0 Å². The van der Waals surface area contributed by atoms with E-state index in [-0.39, 0.29) is 12.2 Å². The summed E-state index contributed by atoms with van der Waals surface area (Å²) in [5.41, 5.74) is 1.55. The van der Waals surface area contributed by atoms with Crippen LogP contribution < -0.4 is 4.74 Å². The van der Waals surface area contributed by atoms with Gasteiger partial charge in [-0.15, -0.1) is 0 Å². The molecule has 1 aromatic carbocycles. The molecular formula is C12H13NO2. The number of ketones is 1. The Labute approximate surface area is 89.3 Å². The van der Waals surface area contributed by atoms with Gasteiger partial charge in [0.05, 0.1) is 19.6 Å². The number of hydrogen-bond donors (Lipinski definition) is 0. The Kier molecular flexibility index (Phi) is 3.87. The zero-order valence-corrected chi connectivity index (χ0v) is 8.91. The SMILES string of the molecule is CCc1ccc(OC)cc1C(=O)CC#N. The molecule has 3 nitrogen and oxygen atoms in total. The second-order valence-electron chi connectivity index (χ2n) is 3.13. The predicted molar refractivity (Wildman–Crippen MR) is 56.9 cm³/mol. The number of carbonyl (C=O) groups excluding carboxylic acids is 1. The van der Waals surface area contributed by atoms with E-state index in [1.165, 1.54) is 0 Å². The lowest BCUT2D eigenvalue weighted by Crippen LogP contribution is -2.03. The first-order valence-corrected chi connectivity index (χ1v) is 4.80. The van der Waals surface area contributed by atoms with E-state index in [2.05, 4.69) is 0 Å². The summed E-state index contributed by atoms with van der Waals surface area (Å²) in [7, 11) is 1.56. The number of ether oxygens (including phenoxy) is 1. The van der Waals surface area contributed by atoms with Gasteiger partial charge in [-0.1, -0.05) is 13.0 Å². The zero-order valence-electron chi connectivity index (χ0n) is 8.91. The minimum atomic E-state index is -0.145. The maximum atomic E-state index is 11.6. The average Bonchev–Trinajstić information content (AvgIpc) is 2.28. The third-order valence-electron chi connectivity index (χ3n) is 2.24. The lowest BCUT2D eigenvalue weighted by Gasteiger charge is -2.07. The highest BCUT2D eigenvalue weighted by molar-refractivity contribution is 5.99. The van der Waals surface area contributed by atoms with E-state index in [1.54, 1.807) is 13.2 Å². The van der Waals surface area contributed by atoms with Crippen molar-refractivity contribution in [3.05, 3.63) is 29.3 Å². The first kappa shape index (κ1) is 11.3. The van der Waals surface area contributed by atoms with Gasteiger partial charge in [0.25, 0.3) is 0 Å². The highest BCUT2D eigenvalue weighted by atomic mass is 16.5. The largest absolute Gasteiger partial charge is 0.497 e. The van der Waals surface area contributed by atoms with Crippen LogP contribution in [0.4, 0.5) is 0 Å². The highest BCUT2D eigenvalue weighted by Crippen LogP contribution is 2.19. The molecule has 0 saturated heterocycles. The third kappa shape index (κ3) is 2.57. The van der Waals surface area contributed by atoms with Crippen LogP contribution in [-0.2, 0) is 6.42 Å². The van der Waals surface area contributed by atoms with Crippen molar-refractivity contribution in [2.24, 2.45) is 0 Å². The molecule has 0 aliphatic carbocycles. The molecule has 0 amide bonds. The molecule has 15 heavy (non-hydrogen) atoms. The van der Waals surface area contributed by atoms with Crippen LogP contribution in [0.3, 0.4) is 0 Å². The van der Waals surface area contributed by atoms with Crippen LogP contribution in [0.5, 0.6) is 5.75 Å². The fourth-order valence-corrected chi connectivity index (χ4v) is 1.42. The summed E-state index contributed by atoms with van der Waals surface area (Å²) in [6, 6.07) is 7.24. The van der Waals surface area contributed by atoms with E-state index in [9.17, 15) is 4.79 Å². The normalized spacial score (nSPS) is 9.40. The zero-order chi connectivity index (χ0) is 11.3. The molecular weight excluding hydrogens is 190 g/mol. The molecule has 0 fully saturated rings. The van der Waals surface area contributed by atoms with Gasteiger partial charge in [-0.3, -0.25) is 4.79 Å². The second-order valence-corrected chi connectivity index (χ2v) is 3.13. The lowest BCUT2D eigenvalue weighted by atomic mass is 10.00. The maximum absolute atomic E-state index is 11.6. The van der Waals surface area contributed by atoms with Crippen molar-refractivity contribution in [2.45, 2.75) is 19.8 Å². The van der Waals surface area contributed by atoms with E-state index in [4.69, 9.17) is 10.00 Å². The van der Waals surface area contributed by atoms with Crippen LogP contribution in [0, 0.1) is 11.3 Å². The van der Waals surface area contributed by atoms with Crippen molar-refractivity contribution < 1.29 is 9.53 Å². The van der Waals surface area contributed by atoms with Crippen molar-refractivity contribution >= 4 is 5.78 Å². The van der Waals surface area contributed by atoms with E-state index in [1.807, 2.05) is 25.1 Å². The fraction of sp³-hybridized carbons (Fsp3) is 0.333. The molecule has 0 saturated carbocycles. The summed E-state index contributed by atoms with van der Waals surface area (Å²) in [4.78, 5) is 11.6. The number of rotatable bonds is 4. The topological polar surface area (TPSA) is 50.1 Å². The molecule has 0 aliphatic heterocycles. The number of nitriles is 1. The summed E-state index contributed by atoms with van der Waals surface area (Å²) in [6.45, 7) is 1.98. The van der Waals surface area contributed by atoms with E-state index in [0.717, 1.165) is 12.0 Å². The highest BCUT2D eigenvalue weighted by Gasteiger charge is 2.11. The number of methoxy groups -OCH3 is 1. The molecule has 0 N–H and O–H groups in total. The van der Waals surface area contributed by atoms with Gasteiger partial charge in [0, 0.05) is 5.56 Å². The van der Waals surface area contributed by atoms with Crippen molar-refractivity contribution in [1.82, 2.24) is 0 Å². The summed E-state index contributed by atoms with van der Waals surface area (Å²) in [6.07, 6.45) is 0.691. The predicted octanol–water partition coefficient (Wildman–Crippen LogP) is 2.35. The van der Waals surface area contributed by atoms with Crippen LogP contribution in [0.15, 0.2) is 18.2 Å². The number of nitrogens with zero attached hydrogens (tertiary/aromatic N) is 1. The standard InChI is InChI=1S/C12H13NO2/c1-3-9-4-5-10(15-2)8-11(9)12(14)6-7-13/h4-5,8H,3,6H2,1-2H3. The van der Waals surface area contributed by atoms with Crippen molar-refractivity contribution in [3.8, 4) is 11.8 Å². The molecule has 78 valence electrons. The van der Waals surface area contributed by atoms with Crippen LogP contribution in [0.25, 0.3) is 0 Å². The molecule has 0 heterocycles. The van der Waals surface area contributed by atoms with Gasteiger partial charge < -0.3 is 4.74 Å². The molecule has 3 heteroatoms. The van der Waals surface area contributed by atoms with Crippen LogP contribution >= 0.6 is 0 Å². The minimum absolute atomic E-state index is 0.0832. The number of benzene rings is 1. The van der Waals surface area contributed by atoms with Crippen molar-refractivity contribution in [3.63, 3.8) is 0 Å². The first-order chi connectivity index (χ1) is 7.22. The maximum Gasteiger partial charge on any atom is 0.177 e. The van der Waals surface area contributed by atoms with Crippen molar-refractivity contribution in [2.75, 3.05) is 7.11 Å². The average molecular weight is 203 g/mol. The Bertz CT molecular complexity index is 405. The van der Waals surface area contributed by atoms with E-state index in [0.29, 0.717) is 11.3 Å². The van der Waals surface area contributed by atoms with E-state index < -0.39 is 0 Å². The summed E-state index contributed by atoms with van der Waals surface area (Å²) < 4.78 is 5.05. The molecule has 0 bridgehead atoms. The fourth-order valence-electron chi connectivity index (χ4n) is 1.42. The van der Waals surface area contributed by atoms with Gasteiger partial charge in [0.1, 0.15) is 5.75 Å². The Balaban J connectivity index is 3.12. The summed E-state index contributed by atoms with van der Waals surface area (Å²) >= 11 is 0. The van der Waals surface area contributed by atoms with Gasteiger partial charge in [-0.2, -0.15) is 5.26 Å². The molecule has 0 radical (unpaired) electrons. The summed E-state index contributed by atoms with van der Waals surface area (Å²) in [5.74, 6) is 0.502. The van der Waals surface area contributed by atoms with Crippen LogP contribution in [-0.4, -0.2) is 12.9 Å². The Morgan fingerprint density at radius 3 is 2.80 bits per heavy atom. The minimum Gasteiger partial charge on any atom is -0.497 e. The number of carbonyl (C=O) groups is 1. The lowest BCUT2D eigenvalue weighted by molar-refractivity contribution is 0.0996. The second kappa shape index (κ2) is 5.16. The quantitative estimate of drug-likeness (QED) is 0.706. The summed E-state index contributed by atoms with van der Waals surface area (Å²) in [5, 5.41) is 8.49.